The highest BCUT2D eigenvalue weighted by molar-refractivity contribution is 7.13. The highest BCUT2D eigenvalue weighted by Gasteiger charge is 2.14. The molecule has 0 radical (unpaired) electrons. The van der Waals surface area contributed by atoms with Gasteiger partial charge in [-0.25, -0.2) is 4.98 Å². The van der Waals surface area contributed by atoms with Crippen LogP contribution >= 0.6 is 11.3 Å². The quantitative estimate of drug-likeness (QED) is 0.611. The van der Waals surface area contributed by atoms with E-state index in [0.717, 1.165) is 27.0 Å². The van der Waals surface area contributed by atoms with E-state index in [0.29, 0.717) is 5.89 Å². The first kappa shape index (κ1) is 12.0. The Hall–Kier alpha value is -2.73. The van der Waals surface area contributed by atoms with Crippen LogP contribution < -0.4 is 5.73 Å². The van der Waals surface area contributed by atoms with Crippen LogP contribution in [-0.2, 0) is 0 Å². The topological polar surface area (TPSA) is 77.8 Å². The summed E-state index contributed by atoms with van der Waals surface area (Å²) in [6, 6.07) is 13.9. The fraction of sp³-hybridized carbons (Fsp3) is 0. The van der Waals surface area contributed by atoms with Gasteiger partial charge in [0.05, 0.1) is 21.7 Å². The van der Waals surface area contributed by atoms with Crippen molar-refractivity contribution in [2.45, 2.75) is 0 Å². The van der Waals surface area contributed by atoms with E-state index in [1.807, 2.05) is 47.8 Å². The molecule has 0 aliphatic rings. The maximum Gasteiger partial charge on any atom is 0.313 e. The number of para-hydroxylation sites is 1. The van der Waals surface area contributed by atoms with Crippen molar-refractivity contribution in [3.05, 3.63) is 47.8 Å². The zero-order valence-corrected chi connectivity index (χ0v) is 11.7. The molecule has 102 valence electrons. The Balaban J connectivity index is 2.03. The lowest BCUT2D eigenvalue weighted by Gasteiger charge is -2.05. The molecule has 0 unspecified atom stereocenters. The molecular weight excluding hydrogens is 284 g/mol. The molecule has 3 aromatic heterocycles. The van der Waals surface area contributed by atoms with Crippen molar-refractivity contribution < 1.29 is 4.42 Å². The molecule has 0 amide bonds. The summed E-state index contributed by atoms with van der Waals surface area (Å²) >= 11 is 1.64. The minimum absolute atomic E-state index is 0.0589. The van der Waals surface area contributed by atoms with Crippen molar-refractivity contribution in [3.8, 4) is 22.0 Å². The van der Waals surface area contributed by atoms with Gasteiger partial charge in [-0.15, -0.1) is 16.4 Å². The Morgan fingerprint density at radius 2 is 1.95 bits per heavy atom. The molecule has 5 nitrogen and oxygen atoms in total. The molecule has 0 spiro atoms. The van der Waals surface area contributed by atoms with Crippen LogP contribution in [0.3, 0.4) is 0 Å². The Morgan fingerprint density at radius 3 is 2.71 bits per heavy atom. The molecule has 0 saturated heterocycles. The van der Waals surface area contributed by atoms with Gasteiger partial charge in [-0.3, -0.25) is 0 Å². The minimum atomic E-state index is 0.0589. The smallest absolute Gasteiger partial charge is 0.313 e. The Kier molecular flexibility index (Phi) is 2.68. The molecule has 3 heterocycles. The van der Waals surface area contributed by atoms with E-state index >= 15 is 0 Å². The van der Waals surface area contributed by atoms with Crippen LogP contribution in [0.2, 0.25) is 0 Å². The zero-order chi connectivity index (χ0) is 14.2. The van der Waals surface area contributed by atoms with Crippen LogP contribution in [0.5, 0.6) is 0 Å². The number of anilines is 1. The highest BCUT2D eigenvalue weighted by Crippen LogP contribution is 2.32. The molecule has 1 aromatic carbocycles. The van der Waals surface area contributed by atoms with Crippen molar-refractivity contribution in [1.82, 2.24) is 15.2 Å². The molecule has 0 aliphatic carbocycles. The van der Waals surface area contributed by atoms with Gasteiger partial charge in [-0.2, -0.15) is 0 Å². The monoisotopic (exact) mass is 294 g/mol. The van der Waals surface area contributed by atoms with Gasteiger partial charge >= 0.3 is 6.01 Å². The predicted octanol–water partition coefficient (Wildman–Crippen LogP) is 3.60. The first-order valence-corrected chi connectivity index (χ1v) is 7.22. The number of fused-ring (bicyclic) bond motifs is 1. The number of benzene rings is 1. The third-order valence-electron chi connectivity index (χ3n) is 3.16. The summed E-state index contributed by atoms with van der Waals surface area (Å²) in [5.74, 6) is 0.406. The number of thiophene rings is 1. The summed E-state index contributed by atoms with van der Waals surface area (Å²) < 4.78 is 5.38. The first-order valence-electron chi connectivity index (χ1n) is 6.34. The van der Waals surface area contributed by atoms with Crippen molar-refractivity contribution >= 4 is 28.3 Å². The number of hydrogen-bond acceptors (Lipinski definition) is 6. The number of aromatic nitrogens is 3. The molecular formula is C15H10N4OS. The molecule has 0 saturated carbocycles. The number of nitrogens with two attached hydrogens (primary N) is 1. The van der Waals surface area contributed by atoms with Crippen molar-refractivity contribution in [2.24, 2.45) is 0 Å². The van der Waals surface area contributed by atoms with E-state index in [1.165, 1.54) is 0 Å². The standard InChI is InChI=1S/C15H10N4OS/c16-15-19-18-14(20-15)10-8-12(13-6-3-7-21-13)17-11-5-2-1-4-9(10)11/h1-8H,(H2,16,19). The van der Waals surface area contributed by atoms with Crippen LogP contribution in [0.1, 0.15) is 0 Å². The maximum absolute atomic E-state index is 5.54. The van der Waals surface area contributed by atoms with Crippen LogP contribution in [0.15, 0.2) is 52.3 Å². The summed E-state index contributed by atoms with van der Waals surface area (Å²) in [4.78, 5) is 5.79. The van der Waals surface area contributed by atoms with E-state index in [2.05, 4.69) is 10.2 Å². The molecule has 2 N–H and O–H groups in total. The molecule has 0 atom stereocenters. The second kappa shape index (κ2) is 4.68. The fourth-order valence-corrected chi connectivity index (χ4v) is 2.93. The third kappa shape index (κ3) is 2.05. The number of hydrogen-bond donors (Lipinski definition) is 1. The molecule has 6 heteroatoms. The van der Waals surface area contributed by atoms with Crippen LogP contribution in [0.4, 0.5) is 6.01 Å². The Morgan fingerprint density at radius 1 is 1.05 bits per heavy atom. The predicted molar refractivity (Wildman–Crippen MR) is 82.8 cm³/mol. The van der Waals surface area contributed by atoms with E-state index in [9.17, 15) is 0 Å². The molecule has 0 fully saturated rings. The first-order chi connectivity index (χ1) is 10.3. The van der Waals surface area contributed by atoms with Crippen molar-refractivity contribution in [1.29, 1.82) is 0 Å². The van der Waals surface area contributed by atoms with Gasteiger partial charge in [0.1, 0.15) is 0 Å². The van der Waals surface area contributed by atoms with Crippen molar-refractivity contribution in [3.63, 3.8) is 0 Å². The van der Waals surface area contributed by atoms with Crippen LogP contribution in [0.25, 0.3) is 32.9 Å². The molecule has 21 heavy (non-hydrogen) atoms. The lowest BCUT2D eigenvalue weighted by molar-refractivity contribution is 0.591. The molecule has 4 aromatic rings. The summed E-state index contributed by atoms with van der Waals surface area (Å²) in [5, 5.41) is 10.7. The lowest BCUT2D eigenvalue weighted by atomic mass is 10.1. The van der Waals surface area contributed by atoms with Gasteiger partial charge in [0.25, 0.3) is 5.89 Å². The van der Waals surface area contributed by atoms with E-state index in [-0.39, 0.29) is 6.01 Å². The van der Waals surface area contributed by atoms with E-state index in [1.54, 1.807) is 11.3 Å². The minimum Gasteiger partial charge on any atom is -0.404 e. The van der Waals surface area contributed by atoms with Crippen LogP contribution in [0, 0.1) is 0 Å². The summed E-state index contributed by atoms with van der Waals surface area (Å²) in [6.07, 6.45) is 0. The van der Waals surface area contributed by atoms with Gasteiger partial charge in [0, 0.05) is 5.39 Å². The highest BCUT2D eigenvalue weighted by atomic mass is 32.1. The summed E-state index contributed by atoms with van der Waals surface area (Å²) in [5.41, 5.74) is 8.15. The second-order valence-corrected chi connectivity index (χ2v) is 5.44. The number of nitrogen functional groups attached to an aromatic ring is 1. The lowest BCUT2D eigenvalue weighted by Crippen LogP contribution is -1.88. The van der Waals surface area contributed by atoms with Crippen LogP contribution in [-0.4, -0.2) is 15.2 Å². The Bertz CT molecular complexity index is 914. The van der Waals surface area contributed by atoms with Gasteiger partial charge in [0.2, 0.25) is 0 Å². The number of pyridine rings is 1. The normalized spacial score (nSPS) is 11.0. The summed E-state index contributed by atoms with van der Waals surface area (Å²) in [7, 11) is 0. The molecule has 0 aliphatic heterocycles. The maximum atomic E-state index is 5.54. The van der Waals surface area contributed by atoms with Gasteiger partial charge in [0.15, 0.2) is 0 Å². The molecule has 0 bridgehead atoms. The third-order valence-corrected chi connectivity index (χ3v) is 4.05. The largest absolute Gasteiger partial charge is 0.404 e. The SMILES string of the molecule is Nc1nnc(-c2cc(-c3cccs3)nc3ccccc23)o1. The number of nitrogens with zero attached hydrogens (tertiary/aromatic N) is 3. The van der Waals surface area contributed by atoms with Gasteiger partial charge in [-0.05, 0) is 23.6 Å². The van der Waals surface area contributed by atoms with E-state index < -0.39 is 0 Å². The zero-order valence-electron chi connectivity index (χ0n) is 10.9. The average Bonchev–Trinajstić information content (AvgIpc) is 3.17. The number of rotatable bonds is 2. The fourth-order valence-electron chi connectivity index (χ4n) is 2.25. The second-order valence-electron chi connectivity index (χ2n) is 4.49. The van der Waals surface area contributed by atoms with Crippen molar-refractivity contribution in [2.75, 3.05) is 5.73 Å². The van der Waals surface area contributed by atoms with Gasteiger partial charge in [-0.1, -0.05) is 29.4 Å². The average molecular weight is 294 g/mol. The van der Waals surface area contributed by atoms with E-state index in [4.69, 9.17) is 15.1 Å². The Labute approximate surface area is 124 Å². The van der Waals surface area contributed by atoms with Gasteiger partial charge < -0.3 is 10.2 Å². The molecule has 4 rings (SSSR count). The summed E-state index contributed by atoms with van der Waals surface area (Å²) in [6.45, 7) is 0.